The molecule has 0 aliphatic carbocycles. The predicted octanol–water partition coefficient (Wildman–Crippen LogP) is 4.41. The van der Waals surface area contributed by atoms with Crippen molar-refractivity contribution in [3.63, 3.8) is 0 Å². The maximum Gasteiger partial charge on any atom is 0.411 e. The SMILES string of the molecule is COC(=O)Nc1cccc2c1N[C@@]1(C)CCN(CCCc3cccc4c3OCC4)C[C@@H]21. The van der Waals surface area contributed by atoms with E-state index in [0.717, 1.165) is 69.0 Å². The summed E-state index contributed by atoms with van der Waals surface area (Å²) in [5.74, 6) is 1.54. The Morgan fingerprint density at radius 2 is 2.19 bits per heavy atom. The summed E-state index contributed by atoms with van der Waals surface area (Å²) in [4.78, 5) is 14.3. The number of nitrogens with zero attached hydrogens (tertiary/aromatic N) is 1. The standard InChI is InChI=1S/C25H31N3O3/c1-25-12-14-28(13-5-8-17-6-3-7-18-11-15-31-23(17)18)16-20(25)19-9-4-10-21(22(19)27-25)26-24(29)30-2/h3-4,6-7,9-10,20,27H,5,8,11-16H2,1-2H3,(H,26,29)/t20-,25-/m0/s1. The molecule has 0 bridgehead atoms. The average Bonchev–Trinajstić information content (AvgIpc) is 3.37. The van der Waals surface area contributed by atoms with Crippen molar-refractivity contribution in [2.45, 2.75) is 44.1 Å². The van der Waals surface area contributed by atoms with E-state index in [0.29, 0.717) is 5.92 Å². The summed E-state index contributed by atoms with van der Waals surface area (Å²) in [5, 5.41) is 6.58. The zero-order valence-corrected chi connectivity index (χ0v) is 18.4. The lowest BCUT2D eigenvalue weighted by atomic mass is 9.78. The Balaban J connectivity index is 1.25. The van der Waals surface area contributed by atoms with Gasteiger partial charge in [0.2, 0.25) is 0 Å². The number of anilines is 2. The molecule has 3 heterocycles. The lowest BCUT2D eigenvalue weighted by Gasteiger charge is -2.42. The van der Waals surface area contributed by atoms with E-state index < -0.39 is 6.09 Å². The van der Waals surface area contributed by atoms with Crippen LogP contribution in [0.4, 0.5) is 16.2 Å². The zero-order valence-electron chi connectivity index (χ0n) is 18.4. The number of piperidine rings is 1. The minimum Gasteiger partial charge on any atom is -0.493 e. The number of fused-ring (bicyclic) bond motifs is 4. The van der Waals surface area contributed by atoms with Gasteiger partial charge in [-0.3, -0.25) is 5.32 Å². The van der Waals surface area contributed by atoms with Crippen molar-refractivity contribution in [3.8, 4) is 5.75 Å². The first kappa shape index (κ1) is 20.2. The van der Waals surface area contributed by atoms with Crippen LogP contribution in [0.5, 0.6) is 5.75 Å². The van der Waals surface area contributed by atoms with E-state index in [1.165, 1.54) is 23.8 Å². The highest BCUT2D eigenvalue weighted by molar-refractivity contribution is 5.91. The smallest absolute Gasteiger partial charge is 0.411 e. The van der Waals surface area contributed by atoms with Gasteiger partial charge in [-0.05, 0) is 55.5 Å². The molecule has 0 unspecified atom stereocenters. The number of hydrogen-bond donors (Lipinski definition) is 2. The molecule has 31 heavy (non-hydrogen) atoms. The van der Waals surface area contributed by atoms with Gasteiger partial charge in [-0.25, -0.2) is 4.79 Å². The van der Waals surface area contributed by atoms with Crippen molar-refractivity contribution < 1.29 is 14.3 Å². The molecule has 2 aromatic rings. The van der Waals surface area contributed by atoms with Crippen LogP contribution in [0.3, 0.4) is 0 Å². The number of methoxy groups -OCH3 is 1. The van der Waals surface area contributed by atoms with Gasteiger partial charge in [-0.15, -0.1) is 0 Å². The number of hydrogen-bond acceptors (Lipinski definition) is 5. The summed E-state index contributed by atoms with van der Waals surface area (Å²) in [5.41, 5.74) is 5.85. The van der Waals surface area contributed by atoms with E-state index >= 15 is 0 Å². The molecule has 2 N–H and O–H groups in total. The van der Waals surface area contributed by atoms with Gasteiger partial charge >= 0.3 is 6.09 Å². The van der Waals surface area contributed by atoms with Gasteiger partial charge in [0.05, 0.1) is 25.1 Å². The minimum atomic E-state index is -0.437. The second-order valence-corrected chi connectivity index (χ2v) is 9.14. The third-order valence-corrected chi connectivity index (χ3v) is 7.18. The molecule has 3 aliphatic rings. The van der Waals surface area contributed by atoms with Gasteiger partial charge in [-0.2, -0.15) is 0 Å². The summed E-state index contributed by atoms with van der Waals surface area (Å²) in [6.45, 7) is 6.32. The Labute approximate surface area is 183 Å². The van der Waals surface area contributed by atoms with Gasteiger partial charge in [0.15, 0.2) is 0 Å². The lowest BCUT2D eigenvalue weighted by Crippen LogP contribution is -2.50. The summed E-state index contributed by atoms with van der Waals surface area (Å²) in [7, 11) is 1.39. The molecule has 1 saturated heterocycles. The first-order valence-electron chi connectivity index (χ1n) is 11.3. The van der Waals surface area contributed by atoms with Crippen molar-refractivity contribution >= 4 is 17.5 Å². The average molecular weight is 422 g/mol. The summed E-state index contributed by atoms with van der Waals surface area (Å²) >= 11 is 0. The Morgan fingerprint density at radius 3 is 3.06 bits per heavy atom. The predicted molar refractivity (Wildman–Crippen MR) is 122 cm³/mol. The van der Waals surface area contributed by atoms with Gasteiger partial charge < -0.3 is 19.7 Å². The minimum absolute atomic E-state index is 0.0147. The Morgan fingerprint density at radius 1 is 1.32 bits per heavy atom. The van der Waals surface area contributed by atoms with Crippen LogP contribution in [0, 0.1) is 0 Å². The molecule has 1 fully saturated rings. The number of nitrogens with one attached hydrogen (secondary N) is 2. The normalized spacial score (nSPS) is 23.9. The van der Waals surface area contributed by atoms with Crippen LogP contribution in [-0.2, 0) is 17.6 Å². The molecule has 3 aliphatic heterocycles. The lowest BCUT2D eigenvalue weighted by molar-refractivity contribution is 0.162. The molecule has 164 valence electrons. The van der Waals surface area contributed by atoms with Crippen LogP contribution in [0.15, 0.2) is 36.4 Å². The number of aryl methyl sites for hydroxylation is 1. The Bertz CT molecular complexity index is 992. The van der Waals surface area contributed by atoms with Crippen molar-refractivity contribution in [1.29, 1.82) is 0 Å². The Kier molecular flexibility index (Phi) is 5.26. The first-order valence-corrected chi connectivity index (χ1v) is 11.3. The summed E-state index contributed by atoms with van der Waals surface area (Å²) in [6.07, 6.45) is 3.87. The van der Waals surface area contributed by atoms with Crippen molar-refractivity contribution in [3.05, 3.63) is 53.1 Å². The fourth-order valence-electron chi connectivity index (χ4n) is 5.43. The molecular weight excluding hydrogens is 390 g/mol. The van der Waals surface area contributed by atoms with Gasteiger partial charge in [0.25, 0.3) is 0 Å². The first-order chi connectivity index (χ1) is 15.1. The summed E-state index contributed by atoms with van der Waals surface area (Å²) < 4.78 is 10.7. The number of para-hydroxylation sites is 2. The number of carbonyl (C=O) groups is 1. The number of likely N-dealkylation sites (tertiary alicyclic amines) is 1. The number of carbonyl (C=O) groups excluding carboxylic acids is 1. The maximum atomic E-state index is 11.8. The van der Waals surface area contributed by atoms with Crippen LogP contribution < -0.4 is 15.4 Å². The fraction of sp³-hybridized carbons (Fsp3) is 0.480. The molecule has 6 heteroatoms. The molecule has 2 atom stereocenters. The van der Waals surface area contributed by atoms with Crippen molar-refractivity contribution in [2.75, 3.05) is 44.0 Å². The van der Waals surface area contributed by atoms with Gasteiger partial charge in [-0.1, -0.05) is 30.3 Å². The molecule has 0 saturated carbocycles. The quantitative estimate of drug-likeness (QED) is 0.749. The monoisotopic (exact) mass is 421 g/mol. The van der Waals surface area contributed by atoms with Gasteiger partial charge in [0.1, 0.15) is 5.75 Å². The second-order valence-electron chi connectivity index (χ2n) is 9.14. The van der Waals surface area contributed by atoms with Crippen molar-refractivity contribution in [1.82, 2.24) is 4.90 Å². The number of rotatable bonds is 5. The van der Waals surface area contributed by atoms with Crippen LogP contribution in [0.25, 0.3) is 0 Å². The Hall–Kier alpha value is -2.73. The van der Waals surface area contributed by atoms with Crippen LogP contribution in [-0.4, -0.2) is 49.9 Å². The molecule has 6 nitrogen and oxygen atoms in total. The van der Waals surface area contributed by atoms with Crippen molar-refractivity contribution in [2.24, 2.45) is 0 Å². The van der Waals surface area contributed by atoms with E-state index in [1.54, 1.807) is 0 Å². The third-order valence-electron chi connectivity index (χ3n) is 7.18. The van der Waals surface area contributed by atoms with E-state index in [9.17, 15) is 4.79 Å². The fourth-order valence-corrected chi connectivity index (χ4v) is 5.43. The molecular formula is C25H31N3O3. The number of amides is 1. The highest BCUT2D eigenvalue weighted by Gasteiger charge is 2.46. The number of ether oxygens (including phenoxy) is 2. The van der Waals surface area contributed by atoms with E-state index in [2.05, 4.69) is 46.7 Å². The van der Waals surface area contributed by atoms with Crippen LogP contribution >= 0.6 is 0 Å². The molecule has 0 radical (unpaired) electrons. The third kappa shape index (κ3) is 3.74. The van der Waals surface area contributed by atoms with E-state index in [1.807, 2.05) is 12.1 Å². The zero-order chi connectivity index (χ0) is 21.4. The molecule has 0 spiro atoms. The molecule has 0 aromatic heterocycles. The topological polar surface area (TPSA) is 62.8 Å². The second kappa shape index (κ2) is 8.08. The van der Waals surface area contributed by atoms with E-state index in [-0.39, 0.29) is 5.54 Å². The van der Waals surface area contributed by atoms with Gasteiger partial charge in [0, 0.05) is 31.0 Å². The van der Waals surface area contributed by atoms with Crippen LogP contribution in [0.2, 0.25) is 0 Å². The molecule has 1 amide bonds. The summed E-state index contributed by atoms with van der Waals surface area (Å²) in [6, 6.07) is 12.7. The highest BCUT2D eigenvalue weighted by Crippen LogP contribution is 2.49. The largest absolute Gasteiger partial charge is 0.493 e. The maximum absolute atomic E-state index is 11.8. The number of benzene rings is 2. The van der Waals surface area contributed by atoms with E-state index in [4.69, 9.17) is 9.47 Å². The molecule has 2 aromatic carbocycles. The molecule has 5 rings (SSSR count). The highest BCUT2D eigenvalue weighted by atomic mass is 16.5. The van der Waals surface area contributed by atoms with Crippen LogP contribution in [0.1, 0.15) is 42.4 Å².